The Balaban J connectivity index is 2.80. The number of nitrogens with zero attached hydrogens (tertiary/aromatic N) is 1. The van der Waals surface area contributed by atoms with E-state index >= 15 is 0 Å². The van der Waals surface area contributed by atoms with Gasteiger partial charge in [0.15, 0.2) is 0 Å². The van der Waals surface area contributed by atoms with Crippen molar-refractivity contribution in [2.75, 3.05) is 5.73 Å². The molecule has 0 spiro atoms. The average molecular weight is 256 g/mol. The van der Waals surface area contributed by atoms with Crippen LogP contribution in [0.3, 0.4) is 0 Å². The summed E-state index contributed by atoms with van der Waals surface area (Å²) in [4.78, 5) is 14.4. The van der Waals surface area contributed by atoms with Gasteiger partial charge < -0.3 is 11.5 Å². The highest BCUT2D eigenvalue weighted by atomic mass is 79.9. The zero-order valence-electron chi connectivity index (χ0n) is 7.40. The van der Waals surface area contributed by atoms with E-state index < -0.39 is 0 Å². The molecule has 0 aliphatic carbocycles. The topological polar surface area (TPSA) is 82.0 Å². The molecule has 0 atom stereocenters. The van der Waals surface area contributed by atoms with Crippen LogP contribution in [0.4, 0.5) is 5.82 Å². The number of primary amides is 1. The van der Waals surface area contributed by atoms with E-state index in [0.29, 0.717) is 5.82 Å². The summed E-state index contributed by atoms with van der Waals surface area (Å²) in [5, 5.41) is 0. The molecule has 4 N–H and O–H groups in total. The SMILES string of the molecule is NC(=O)CC=Cc1cc(Br)cnc1N. The van der Waals surface area contributed by atoms with Crippen molar-refractivity contribution in [2.45, 2.75) is 6.42 Å². The number of carbonyl (C=O) groups excluding carboxylic acids is 1. The molecule has 0 aliphatic heterocycles. The van der Waals surface area contributed by atoms with Crippen molar-refractivity contribution in [1.82, 2.24) is 4.98 Å². The molecule has 1 aromatic heterocycles. The predicted octanol–water partition coefficient (Wildman–Crippen LogP) is 1.31. The van der Waals surface area contributed by atoms with Crippen molar-refractivity contribution in [1.29, 1.82) is 0 Å². The Labute approximate surface area is 90.1 Å². The number of carbonyl (C=O) groups is 1. The number of aromatic nitrogens is 1. The third-order valence-electron chi connectivity index (χ3n) is 1.53. The van der Waals surface area contributed by atoms with E-state index in [4.69, 9.17) is 11.5 Å². The second-order valence-corrected chi connectivity index (χ2v) is 3.62. The van der Waals surface area contributed by atoms with E-state index in [-0.39, 0.29) is 12.3 Å². The van der Waals surface area contributed by atoms with Crippen molar-refractivity contribution < 1.29 is 4.79 Å². The van der Waals surface area contributed by atoms with Crippen molar-refractivity contribution in [3.63, 3.8) is 0 Å². The fourth-order valence-corrected chi connectivity index (χ4v) is 1.25. The minimum atomic E-state index is -0.372. The lowest BCUT2D eigenvalue weighted by molar-refractivity contribution is -0.117. The molecule has 0 unspecified atom stereocenters. The minimum Gasteiger partial charge on any atom is -0.383 e. The van der Waals surface area contributed by atoms with E-state index in [1.54, 1.807) is 18.3 Å². The number of hydrogen-bond acceptors (Lipinski definition) is 3. The quantitative estimate of drug-likeness (QED) is 0.855. The molecular formula is C9H10BrN3O. The number of anilines is 1. The molecule has 0 aromatic carbocycles. The van der Waals surface area contributed by atoms with Crippen LogP contribution in [0.15, 0.2) is 22.8 Å². The number of nitrogens with two attached hydrogens (primary N) is 2. The zero-order valence-corrected chi connectivity index (χ0v) is 8.99. The van der Waals surface area contributed by atoms with Crippen molar-refractivity contribution in [3.8, 4) is 0 Å². The zero-order chi connectivity index (χ0) is 10.6. The lowest BCUT2D eigenvalue weighted by atomic mass is 10.2. The van der Waals surface area contributed by atoms with Gasteiger partial charge in [0.2, 0.25) is 5.91 Å². The highest BCUT2D eigenvalue weighted by molar-refractivity contribution is 9.10. The van der Waals surface area contributed by atoms with E-state index in [9.17, 15) is 4.79 Å². The molecule has 1 heterocycles. The van der Waals surface area contributed by atoms with Crippen LogP contribution >= 0.6 is 15.9 Å². The van der Waals surface area contributed by atoms with Crippen molar-refractivity contribution in [2.24, 2.45) is 5.73 Å². The van der Waals surface area contributed by atoms with Crippen LogP contribution < -0.4 is 11.5 Å². The van der Waals surface area contributed by atoms with Gasteiger partial charge in [0.25, 0.3) is 0 Å². The van der Waals surface area contributed by atoms with Gasteiger partial charge in [0, 0.05) is 22.7 Å². The van der Waals surface area contributed by atoms with Gasteiger partial charge in [-0.15, -0.1) is 0 Å². The monoisotopic (exact) mass is 255 g/mol. The van der Waals surface area contributed by atoms with E-state index in [0.717, 1.165) is 10.0 Å². The standard InChI is InChI=1S/C9H10BrN3O/c10-7-4-6(9(12)13-5-7)2-1-3-8(11)14/h1-2,4-5H,3H2,(H2,11,14)(H2,12,13). The summed E-state index contributed by atoms with van der Waals surface area (Å²) >= 11 is 3.27. The Morgan fingerprint density at radius 2 is 2.36 bits per heavy atom. The van der Waals surface area contributed by atoms with Gasteiger partial charge in [0.1, 0.15) is 5.82 Å². The van der Waals surface area contributed by atoms with Gasteiger partial charge in [-0.2, -0.15) is 0 Å². The second-order valence-electron chi connectivity index (χ2n) is 2.70. The predicted molar refractivity (Wildman–Crippen MR) is 59.2 cm³/mol. The van der Waals surface area contributed by atoms with E-state index in [2.05, 4.69) is 20.9 Å². The lowest BCUT2D eigenvalue weighted by Gasteiger charge is -1.98. The molecule has 0 saturated heterocycles. The Morgan fingerprint density at radius 3 is 3.00 bits per heavy atom. The summed E-state index contributed by atoms with van der Waals surface area (Å²) in [6, 6.07) is 1.82. The fourth-order valence-electron chi connectivity index (χ4n) is 0.901. The van der Waals surface area contributed by atoms with Gasteiger partial charge in [-0.3, -0.25) is 4.79 Å². The van der Waals surface area contributed by atoms with Gasteiger partial charge in [-0.1, -0.05) is 12.2 Å². The third kappa shape index (κ3) is 3.18. The van der Waals surface area contributed by atoms with Crippen LogP contribution in [-0.4, -0.2) is 10.9 Å². The maximum atomic E-state index is 10.5. The maximum Gasteiger partial charge on any atom is 0.221 e. The summed E-state index contributed by atoms with van der Waals surface area (Å²) in [6.45, 7) is 0. The van der Waals surface area contributed by atoms with Crippen LogP contribution in [0, 0.1) is 0 Å². The van der Waals surface area contributed by atoms with Gasteiger partial charge in [0.05, 0.1) is 0 Å². The molecule has 74 valence electrons. The molecule has 0 aliphatic rings. The van der Waals surface area contributed by atoms with Gasteiger partial charge in [-0.05, 0) is 22.0 Å². The normalized spacial score (nSPS) is 10.6. The first-order chi connectivity index (χ1) is 6.59. The smallest absolute Gasteiger partial charge is 0.221 e. The highest BCUT2D eigenvalue weighted by Gasteiger charge is 1.97. The summed E-state index contributed by atoms with van der Waals surface area (Å²) in [7, 11) is 0. The number of halogens is 1. The third-order valence-corrected chi connectivity index (χ3v) is 1.97. The molecule has 5 heteroatoms. The first kappa shape index (κ1) is 10.7. The average Bonchev–Trinajstić information content (AvgIpc) is 2.10. The minimum absolute atomic E-state index is 0.200. The maximum absolute atomic E-state index is 10.5. The molecule has 1 aromatic rings. The van der Waals surface area contributed by atoms with Crippen LogP contribution in [0.25, 0.3) is 6.08 Å². The van der Waals surface area contributed by atoms with Crippen LogP contribution in [-0.2, 0) is 4.79 Å². The number of amides is 1. The molecule has 0 saturated carbocycles. The van der Waals surface area contributed by atoms with Crippen molar-refractivity contribution in [3.05, 3.63) is 28.4 Å². The molecule has 4 nitrogen and oxygen atoms in total. The molecule has 1 amide bonds. The second kappa shape index (κ2) is 4.76. The molecule has 1 rings (SSSR count). The first-order valence-corrected chi connectivity index (χ1v) is 4.75. The van der Waals surface area contributed by atoms with Crippen LogP contribution in [0.5, 0.6) is 0 Å². The van der Waals surface area contributed by atoms with Crippen molar-refractivity contribution >= 4 is 33.7 Å². The summed E-state index contributed by atoms with van der Waals surface area (Å²) in [5.74, 6) is 0.0525. The number of nitrogen functional groups attached to an aromatic ring is 1. The van der Waals surface area contributed by atoms with E-state index in [1.807, 2.05) is 6.07 Å². The summed E-state index contributed by atoms with van der Waals surface area (Å²) in [5.41, 5.74) is 11.3. The highest BCUT2D eigenvalue weighted by Crippen LogP contribution is 2.16. The first-order valence-electron chi connectivity index (χ1n) is 3.95. The molecule has 0 radical (unpaired) electrons. The van der Waals surface area contributed by atoms with Crippen LogP contribution in [0.2, 0.25) is 0 Å². The number of rotatable bonds is 3. The Kier molecular flexibility index (Phi) is 3.64. The largest absolute Gasteiger partial charge is 0.383 e. The Morgan fingerprint density at radius 1 is 1.64 bits per heavy atom. The number of hydrogen-bond donors (Lipinski definition) is 2. The molecule has 0 bridgehead atoms. The molecule has 0 fully saturated rings. The van der Waals surface area contributed by atoms with Gasteiger partial charge in [-0.25, -0.2) is 4.98 Å². The molecular weight excluding hydrogens is 246 g/mol. The van der Waals surface area contributed by atoms with Crippen LogP contribution in [0.1, 0.15) is 12.0 Å². The van der Waals surface area contributed by atoms with Gasteiger partial charge >= 0.3 is 0 Å². The summed E-state index contributed by atoms with van der Waals surface area (Å²) in [6.07, 6.45) is 5.19. The molecule has 14 heavy (non-hydrogen) atoms. The summed E-state index contributed by atoms with van der Waals surface area (Å²) < 4.78 is 0.838. The Bertz CT molecular complexity index is 376. The number of pyridine rings is 1. The lowest BCUT2D eigenvalue weighted by Crippen LogP contribution is -2.07. The fraction of sp³-hybridized carbons (Fsp3) is 0.111. The van der Waals surface area contributed by atoms with E-state index in [1.165, 1.54) is 0 Å². The Hall–Kier alpha value is -1.36.